The maximum atomic E-state index is 9.68. The smallest absolute Gasteiger partial charge is 0.251 e. The second-order valence-corrected chi connectivity index (χ2v) is 3.88. The van der Waals surface area contributed by atoms with Crippen LogP contribution in [0.2, 0.25) is 0 Å². The Bertz CT molecular complexity index is 617. The minimum atomic E-state index is -1.39. The van der Waals surface area contributed by atoms with Gasteiger partial charge in [-0.2, -0.15) is 5.06 Å². The topological polar surface area (TPSA) is 93.9 Å². The van der Waals surface area contributed by atoms with E-state index in [-0.39, 0.29) is 5.82 Å². The van der Waals surface area contributed by atoms with E-state index < -0.39 is 6.35 Å². The van der Waals surface area contributed by atoms with Gasteiger partial charge in [-0.25, -0.2) is 15.0 Å². The van der Waals surface area contributed by atoms with E-state index in [1.165, 1.54) is 6.20 Å². The Kier molecular flexibility index (Phi) is 2.82. The largest absolute Gasteiger partial charge is 0.353 e. The first kappa shape index (κ1) is 11.6. The molecule has 3 N–H and O–H groups in total. The third kappa shape index (κ3) is 2.12. The van der Waals surface area contributed by atoms with Crippen molar-refractivity contribution in [3.8, 4) is 0 Å². The lowest BCUT2D eigenvalue weighted by molar-refractivity contribution is 0.0693. The maximum absolute atomic E-state index is 9.68. The summed E-state index contributed by atoms with van der Waals surface area (Å²) in [5.41, 5.74) is 0.584. The van der Waals surface area contributed by atoms with Gasteiger partial charge in [-0.05, 0) is 24.3 Å². The van der Waals surface area contributed by atoms with Gasteiger partial charge in [0.25, 0.3) is 6.35 Å². The van der Waals surface area contributed by atoms with E-state index in [0.717, 1.165) is 0 Å². The molecule has 7 nitrogen and oxygen atoms in total. The zero-order valence-corrected chi connectivity index (χ0v) is 9.80. The molecule has 19 heavy (non-hydrogen) atoms. The van der Waals surface area contributed by atoms with Crippen LogP contribution in [-0.2, 0) is 0 Å². The quantitative estimate of drug-likeness (QED) is 0.700. The Labute approximate surface area is 108 Å². The number of aliphatic hydroxyl groups excluding tert-OH is 1. The van der Waals surface area contributed by atoms with Gasteiger partial charge < -0.3 is 10.4 Å². The molecule has 96 valence electrons. The van der Waals surface area contributed by atoms with Crippen LogP contribution in [0.25, 0.3) is 0 Å². The fraction of sp³-hybridized carbons (Fsp3) is 0.0833. The summed E-state index contributed by atoms with van der Waals surface area (Å²) in [5, 5.41) is 22.9. The van der Waals surface area contributed by atoms with Crippen LogP contribution in [0.1, 0.15) is 5.56 Å². The molecule has 0 saturated heterocycles. The van der Waals surface area contributed by atoms with Gasteiger partial charge in [0.15, 0.2) is 5.82 Å². The predicted octanol–water partition coefficient (Wildman–Crippen LogP) is 0.820. The third-order valence-electron chi connectivity index (χ3n) is 2.63. The third-order valence-corrected chi connectivity index (χ3v) is 2.63. The molecule has 0 aromatic carbocycles. The monoisotopic (exact) mass is 257 g/mol. The van der Waals surface area contributed by atoms with Crippen molar-refractivity contribution in [3.05, 3.63) is 48.3 Å². The molecule has 3 heterocycles. The van der Waals surface area contributed by atoms with Crippen molar-refractivity contribution in [2.24, 2.45) is 4.99 Å². The van der Waals surface area contributed by atoms with Crippen LogP contribution in [0.15, 0.2) is 47.7 Å². The van der Waals surface area contributed by atoms with Gasteiger partial charge in [0.1, 0.15) is 11.7 Å². The van der Waals surface area contributed by atoms with Crippen molar-refractivity contribution < 1.29 is 10.3 Å². The highest BCUT2D eigenvalue weighted by Crippen LogP contribution is 2.23. The van der Waals surface area contributed by atoms with Crippen molar-refractivity contribution >= 4 is 17.5 Å². The lowest BCUT2D eigenvalue weighted by Crippen LogP contribution is -2.38. The minimum absolute atomic E-state index is 0.239. The molecule has 1 atom stereocenters. The molecular formula is C12H11N5O2. The van der Waals surface area contributed by atoms with Crippen molar-refractivity contribution in [2.75, 3.05) is 10.4 Å². The fourth-order valence-corrected chi connectivity index (χ4v) is 1.77. The molecule has 0 fully saturated rings. The summed E-state index contributed by atoms with van der Waals surface area (Å²) in [5.74, 6) is 1.23. The second-order valence-electron chi connectivity index (χ2n) is 3.88. The van der Waals surface area contributed by atoms with Gasteiger partial charge >= 0.3 is 0 Å². The number of pyridine rings is 2. The summed E-state index contributed by atoms with van der Waals surface area (Å²) in [7, 11) is 0. The van der Waals surface area contributed by atoms with Crippen LogP contribution < -0.4 is 10.4 Å². The molecule has 7 heteroatoms. The summed E-state index contributed by atoms with van der Waals surface area (Å²) in [6.07, 6.45) is 1.77. The molecule has 0 bridgehead atoms. The Morgan fingerprint density at radius 1 is 1.11 bits per heavy atom. The van der Waals surface area contributed by atoms with Gasteiger partial charge in [0.05, 0.1) is 5.56 Å². The van der Waals surface area contributed by atoms with E-state index >= 15 is 0 Å². The van der Waals surface area contributed by atoms with E-state index in [9.17, 15) is 10.3 Å². The van der Waals surface area contributed by atoms with Gasteiger partial charge in [0, 0.05) is 12.4 Å². The van der Waals surface area contributed by atoms with Gasteiger partial charge in [-0.3, -0.25) is 5.21 Å². The molecule has 1 aliphatic heterocycles. The number of aliphatic hydroxyl groups is 1. The number of hydrogen-bond acceptors (Lipinski definition) is 7. The van der Waals surface area contributed by atoms with Crippen LogP contribution in [0.3, 0.4) is 0 Å². The highest BCUT2D eigenvalue weighted by atomic mass is 16.5. The first-order valence-electron chi connectivity index (χ1n) is 5.63. The molecule has 2 aromatic rings. The molecule has 0 amide bonds. The fourth-order valence-electron chi connectivity index (χ4n) is 1.77. The average Bonchev–Trinajstić information content (AvgIpc) is 2.46. The van der Waals surface area contributed by atoms with Gasteiger partial charge in [0.2, 0.25) is 0 Å². The standard InChI is InChI=1S/C12H11N5O2/c18-12-16-10(15-9-5-1-2-6-13-9)8-4-3-7-14-11(8)17(12)19/h1-7,12,18-19H,(H,13,15,16). The molecule has 3 rings (SSSR count). The molecule has 0 spiro atoms. The average molecular weight is 257 g/mol. The number of hydrogen-bond donors (Lipinski definition) is 3. The van der Waals surface area contributed by atoms with Crippen molar-refractivity contribution in [1.29, 1.82) is 0 Å². The number of anilines is 2. The summed E-state index contributed by atoms with van der Waals surface area (Å²) < 4.78 is 0. The molecule has 2 aromatic heterocycles. The number of amidine groups is 1. The number of nitrogens with zero attached hydrogens (tertiary/aromatic N) is 4. The van der Waals surface area contributed by atoms with Crippen molar-refractivity contribution in [2.45, 2.75) is 6.35 Å². The molecular weight excluding hydrogens is 246 g/mol. The molecule has 0 radical (unpaired) electrons. The maximum Gasteiger partial charge on any atom is 0.251 e. The Morgan fingerprint density at radius 2 is 1.95 bits per heavy atom. The van der Waals surface area contributed by atoms with E-state index in [0.29, 0.717) is 22.3 Å². The molecule has 1 aliphatic rings. The SMILES string of the molecule is OC1N=C(Nc2ccccn2)c2cccnc2N1O. The highest BCUT2D eigenvalue weighted by Gasteiger charge is 2.26. The Balaban J connectivity index is 1.99. The molecule has 0 saturated carbocycles. The number of aliphatic imine (C=N–C) groups is 1. The van der Waals surface area contributed by atoms with Gasteiger partial charge in [-0.15, -0.1) is 0 Å². The van der Waals surface area contributed by atoms with Crippen LogP contribution in [0, 0.1) is 0 Å². The predicted molar refractivity (Wildman–Crippen MR) is 68.9 cm³/mol. The van der Waals surface area contributed by atoms with Crippen LogP contribution in [0.5, 0.6) is 0 Å². The first-order chi connectivity index (χ1) is 9.25. The van der Waals surface area contributed by atoms with Crippen LogP contribution in [-0.4, -0.2) is 32.5 Å². The number of hydroxylamine groups is 1. The molecule has 0 aliphatic carbocycles. The summed E-state index contributed by atoms with van der Waals surface area (Å²) >= 11 is 0. The van der Waals surface area contributed by atoms with E-state index in [4.69, 9.17) is 0 Å². The minimum Gasteiger partial charge on any atom is -0.353 e. The zero-order chi connectivity index (χ0) is 13.2. The van der Waals surface area contributed by atoms with E-state index in [2.05, 4.69) is 20.3 Å². The number of fused-ring (bicyclic) bond motifs is 1. The normalized spacial score (nSPS) is 17.7. The zero-order valence-electron chi connectivity index (χ0n) is 9.80. The van der Waals surface area contributed by atoms with Crippen molar-refractivity contribution in [1.82, 2.24) is 9.97 Å². The van der Waals surface area contributed by atoms with Crippen molar-refractivity contribution in [3.63, 3.8) is 0 Å². The Hall–Kier alpha value is -2.51. The number of rotatable bonds is 1. The van der Waals surface area contributed by atoms with E-state index in [1.807, 2.05) is 6.07 Å². The number of aromatic nitrogens is 2. The van der Waals surface area contributed by atoms with Gasteiger partial charge in [-0.1, -0.05) is 6.07 Å². The van der Waals surface area contributed by atoms with Crippen LogP contribution >= 0.6 is 0 Å². The van der Waals surface area contributed by atoms with Crippen LogP contribution in [0.4, 0.5) is 11.6 Å². The Morgan fingerprint density at radius 3 is 2.74 bits per heavy atom. The lowest BCUT2D eigenvalue weighted by atomic mass is 10.2. The molecule has 1 unspecified atom stereocenters. The summed E-state index contributed by atoms with van der Waals surface area (Å²) in [6.45, 7) is 0. The first-order valence-corrected chi connectivity index (χ1v) is 5.63. The van der Waals surface area contributed by atoms with E-state index in [1.54, 1.807) is 30.5 Å². The second kappa shape index (κ2) is 4.63. The number of nitrogens with one attached hydrogen (secondary N) is 1. The summed E-state index contributed by atoms with van der Waals surface area (Å²) in [4.78, 5) is 12.1. The highest BCUT2D eigenvalue weighted by molar-refractivity contribution is 6.11. The lowest BCUT2D eigenvalue weighted by Gasteiger charge is -2.27. The summed E-state index contributed by atoms with van der Waals surface area (Å²) in [6, 6.07) is 8.87.